The maximum Gasteiger partial charge on any atom is 0.255 e. The highest BCUT2D eigenvalue weighted by Crippen LogP contribution is 2.21. The van der Waals surface area contributed by atoms with Gasteiger partial charge in [0.1, 0.15) is 4.99 Å². The molecular weight excluding hydrogens is 291 g/mol. The first kappa shape index (κ1) is 14.9. The number of rotatable bonds is 4. The maximum atomic E-state index is 13.5. The van der Waals surface area contributed by atoms with Crippen molar-refractivity contribution in [2.75, 3.05) is 12.4 Å². The minimum atomic E-state index is -0.542. The van der Waals surface area contributed by atoms with Gasteiger partial charge in [-0.25, -0.2) is 4.39 Å². The fourth-order valence-electron chi connectivity index (χ4n) is 1.73. The number of amides is 1. The van der Waals surface area contributed by atoms with Crippen LogP contribution in [0.1, 0.15) is 15.9 Å². The Morgan fingerprint density at radius 1 is 1.19 bits per heavy atom. The van der Waals surface area contributed by atoms with E-state index >= 15 is 0 Å². The van der Waals surface area contributed by atoms with Crippen LogP contribution in [0, 0.1) is 5.82 Å². The van der Waals surface area contributed by atoms with E-state index in [9.17, 15) is 9.18 Å². The van der Waals surface area contributed by atoms with Crippen LogP contribution in [0.3, 0.4) is 0 Å². The highest BCUT2D eigenvalue weighted by Gasteiger charge is 2.09. The number of halogens is 1. The van der Waals surface area contributed by atoms with Gasteiger partial charge in [0.25, 0.3) is 5.91 Å². The highest BCUT2D eigenvalue weighted by molar-refractivity contribution is 7.80. The molecule has 1 amide bonds. The molecule has 0 saturated carbocycles. The first-order chi connectivity index (χ1) is 10.0. The summed E-state index contributed by atoms with van der Waals surface area (Å²) in [5.41, 5.74) is 6.93. The minimum Gasteiger partial charge on any atom is -0.494 e. The molecule has 4 nitrogen and oxygen atoms in total. The van der Waals surface area contributed by atoms with Gasteiger partial charge in [0.15, 0.2) is 11.6 Å². The molecule has 0 atom stereocenters. The fraction of sp³-hybridized carbons (Fsp3) is 0.0667. The average molecular weight is 304 g/mol. The zero-order valence-corrected chi connectivity index (χ0v) is 12.0. The number of nitrogens with two attached hydrogens (primary N) is 1. The minimum absolute atomic E-state index is 0.119. The van der Waals surface area contributed by atoms with Crippen molar-refractivity contribution in [1.82, 2.24) is 0 Å². The van der Waals surface area contributed by atoms with Gasteiger partial charge in [-0.05, 0) is 24.3 Å². The zero-order chi connectivity index (χ0) is 15.4. The smallest absolute Gasteiger partial charge is 0.255 e. The van der Waals surface area contributed by atoms with Gasteiger partial charge in [-0.15, -0.1) is 0 Å². The maximum absolute atomic E-state index is 13.5. The van der Waals surface area contributed by atoms with Crippen molar-refractivity contribution in [2.24, 2.45) is 5.73 Å². The Morgan fingerprint density at radius 3 is 2.33 bits per heavy atom. The SMILES string of the molecule is COc1ccc(NC(=O)c2ccc(C(N)=S)cc2)cc1F. The van der Waals surface area contributed by atoms with E-state index in [-0.39, 0.29) is 16.6 Å². The monoisotopic (exact) mass is 304 g/mol. The summed E-state index contributed by atoms with van der Waals surface area (Å²) in [5, 5.41) is 2.60. The van der Waals surface area contributed by atoms with Crippen molar-refractivity contribution >= 4 is 28.8 Å². The molecule has 21 heavy (non-hydrogen) atoms. The van der Waals surface area contributed by atoms with Crippen LogP contribution in [-0.2, 0) is 0 Å². The number of benzene rings is 2. The number of ether oxygens (including phenoxy) is 1. The molecular formula is C15H13FN2O2S. The summed E-state index contributed by atoms with van der Waals surface area (Å²) < 4.78 is 18.4. The van der Waals surface area contributed by atoms with E-state index in [0.717, 1.165) is 0 Å². The molecule has 0 spiro atoms. The summed E-state index contributed by atoms with van der Waals surface area (Å²) in [7, 11) is 1.38. The van der Waals surface area contributed by atoms with E-state index in [2.05, 4.69) is 5.32 Å². The summed E-state index contributed by atoms with van der Waals surface area (Å²) in [4.78, 5) is 12.3. The number of anilines is 1. The summed E-state index contributed by atoms with van der Waals surface area (Å²) in [6, 6.07) is 10.7. The van der Waals surface area contributed by atoms with E-state index in [1.165, 1.54) is 19.2 Å². The van der Waals surface area contributed by atoms with Gasteiger partial charge in [0, 0.05) is 22.9 Å². The molecule has 0 bridgehead atoms. The fourth-order valence-corrected chi connectivity index (χ4v) is 1.87. The lowest BCUT2D eigenvalue weighted by Crippen LogP contribution is -2.13. The molecule has 0 saturated heterocycles. The Balaban J connectivity index is 2.14. The number of carbonyl (C=O) groups excluding carboxylic acids is 1. The normalized spacial score (nSPS) is 10.0. The molecule has 6 heteroatoms. The van der Waals surface area contributed by atoms with Crippen molar-refractivity contribution in [3.8, 4) is 5.75 Å². The standard InChI is InChI=1S/C15H13FN2O2S/c1-20-13-7-6-11(8-12(13)16)18-15(19)10-4-2-9(3-5-10)14(17)21/h2-8H,1H3,(H2,17,21)(H,18,19). The second-order valence-electron chi connectivity index (χ2n) is 4.25. The van der Waals surface area contributed by atoms with Gasteiger partial charge in [0.2, 0.25) is 0 Å². The molecule has 0 radical (unpaired) electrons. The van der Waals surface area contributed by atoms with Gasteiger partial charge in [-0.2, -0.15) is 0 Å². The van der Waals surface area contributed by atoms with Crippen molar-refractivity contribution in [3.05, 3.63) is 59.4 Å². The Kier molecular flexibility index (Phi) is 4.49. The van der Waals surface area contributed by atoms with E-state index < -0.39 is 5.82 Å². The van der Waals surface area contributed by atoms with Gasteiger partial charge in [-0.1, -0.05) is 24.4 Å². The van der Waals surface area contributed by atoms with Crippen LogP contribution in [0.5, 0.6) is 5.75 Å². The summed E-state index contributed by atoms with van der Waals surface area (Å²) in [6.45, 7) is 0. The average Bonchev–Trinajstić information content (AvgIpc) is 2.47. The Bertz CT molecular complexity index is 687. The topological polar surface area (TPSA) is 64.3 Å². The molecule has 0 heterocycles. The van der Waals surface area contributed by atoms with Crippen LogP contribution in [0.4, 0.5) is 10.1 Å². The zero-order valence-electron chi connectivity index (χ0n) is 11.2. The van der Waals surface area contributed by atoms with E-state index in [4.69, 9.17) is 22.7 Å². The Labute approximate surface area is 126 Å². The van der Waals surface area contributed by atoms with Crippen LogP contribution >= 0.6 is 12.2 Å². The van der Waals surface area contributed by atoms with Crippen LogP contribution < -0.4 is 15.8 Å². The van der Waals surface area contributed by atoms with E-state index in [1.54, 1.807) is 30.3 Å². The summed E-state index contributed by atoms with van der Waals surface area (Å²) in [5.74, 6) is -0.776. The molecule has 0 aromatic heterocycles. The van der Waals surface area contributed by atoms with Crippen LogP contribution in [0.2, 0.25) is 0 Å². The van der Waals surface area contributed by atoms with Crippen LogP contribution in [0.25, 0.3) is 0 Å². The van der Waals surface area contributed by atoms with Crippen molar-refractivity contribution in [2.45, 2.75) is 0 Å². The van der Waals surface area contributed by atoms with Crippen molar-refractivity contribution in [3.63, 3.8) is 0 Å². The van der Waals surface area contributed by atoms with Crippen molar-refractivity contribution in [1.29, 1.82) is 0 Å². The highest BCUT2D eigenvalue weighted by atomic mass is 32.1. The summed E-state index contributed by atoms with van der Waals surface area (Å²) >= 11 is 4.84. The summed E-state index contributed by atoms with van der Waals surface area (Å²) in [6.07, 6.45) is 0. The second kappa shape index (κ2) is 6.32. The molecule has 0 aliphatic heterocycles. The molecule has 2 aromatic carbocycles. The number of hydrogen-bond donors (Lipinski definition) is 2. The number of carbonyl (C=O) groups is 1. The van der Waals surface area contributed by atoms with Gasteiger partial charge >= 0.3 is 0 Å². The third-order valence-corrected chi connectivity index (χ3v) is 3.08. The van der Waals surface area contributed by atoms with Crippen LogP contribution in [-0.4, -0.2) is 18.0 Å². The lowest BCUT2D eigenvalue weighted by atomic mass is 10.1. The molecule has 2 rings (SSSR count). The molecule has 3 N–H and O–H groups in total. The lowest BCUT2D eigenvalue weighted by molar-refractivity contribution is 0.102. The molecule has 0 aliphatic carbocycles. The first-order valence-electron chi connectivity index (χ1n) is 6.06. The lowest BCUT2D eigenvalue weighted by Gasteiger charge is -2.08. The van der Waals surface area contributed by atoms with Crippen LogP contribution in [0.15, 0.2) is 42.5 Å². The number of hydrogen-bond acceptors (Lipinski definition) is 3. The molecule has 0 fully saturated rings. The van der Waals surface area contributed by atoms with Gasteiger partial charge in [0.05, 0.1) is 7.11 Å². The predicted molar refractivity (Wildman–Crippen MR) is 83.2 cm³/mol. The van der Waals surface area contributed by atoms with Gasteiger partial charge < -0.3 is 15.8 Å². The third-order valence-electron chi connectivity index (χ3n) is 2.84. The molecule has 2 aromatic rings. The number of thiocarbonyl (C=S) groups is 1. The first-order valence-corrected chi connectivity index (χ1v) is 6.47. The second-order valence-corrected chi connectivity index (χ2v) is 4.68. The third kappa shape index (κ3) is 3.55. The number of nitrogens with one attached hydrogen (secondary N) is 1. The molecule has 0 unspecified atom stereocenters. The number of methoxy groups -OCH3 is 1. The Morgan fingerprint density at radius 2 is 1.81 bits per heavy atom. The largest absolute Gasteiger partial charge is 0.494 e. The van der Waals surface area contributed by atoms with E-state index in [1.807, 2.05) is 0 Å². The van der Waals surface area contributed by atoms with E-state index in [0.29, 0.717) is 16.8 Å². The molecule has 0 aliphatic rings. The predicted octanol–water partition coefficient (Wildman–Crippen LogP) is 2.72. The quantitative estimate of drug-likeness (QED) is 0.853. The Hall–Kier alpha value is -2.47. The van der Waals surface area contributed by atoms with Crippen molar-refractivity contribution < 1.29 is 13.9 Å². The van der Waals surface area contributed by atoms with Gasteiger partial charge in [-0.3, -0.25) is 4.79 Å². The molecule has 108 valence electrons.